The highest BCUT2D eigenvalue weighted by Gasteiger charge is 2.31. The zero-order valence-electron chi connectivity index (χ0n) is 17.9. The van der Waals surface area contributed by atoms with E-state index < -0.39 is 5.25 Å². The molecule has 1 aliphatic carbocycles. The Kier molecular flexibility index (Phi) is 5.86. The molecule has 0 aliphatic heterocycles. The number of carbonyl (C=O) groups is 1. The van der Waals surface area contributed by atoms with Crippen molar-refractivity contribution in [3.63, 3.8) is 0 Å². The van der Waals surface area contributed by atoms with Crippen LogP contribution < -0.4 is 10.9 Å². The Bertz CT molecular complexity index is 1170. The summed E-state index contributed by atoms with van der Waals surface area (Å²) in [4.78, 5) is 26.0. The third kappa shape index (κ3) is 4.10. The average Bonchev–Trinajstić information content (AvgIpc) is 3.50. The monoisotopic (exact) mass is 438 g/mol. The third-order valence-corrected chi connectivity index (χ3v) is 6.53. The molecule has 0 spiro atoms. The lowest BCUT2D eigenvalue weighted by Crippen LogP contribution is -2.27. The number of anilines is 1. The van der Waals surface area contributed by atoms with E-state index in [-0.39, 0.29) is 17.2 Å². The number of nitrogens with zero attached hydrogens (tertiary/aromatic N) is 5. The van der Waals surface area contributed by atoms with Crippen LogP contribution >= 0.6 is 11.8 Å². The van der Waals surface area contributed by atoms with Crippen LogP contribution in [0.5, 0.6) is 0 Å². The molecule has 9 heteroatoms. The summed E-state index contributed by atoms with van der Waals surface area (Å²) in [7, 11) is 1.80. The van der Waals surface area contributed by atoms with Crippen molar-refractivity contribution in [2.24, 2.45) is 7.05 Å². The van der Waals surface area contributed by atoms with Crippen LogP contribution in [0.4, 0.5) is 5.69 Å². The van der Waals surface area contributed by atoms with Gasteiger partial charge in [0.05, 0.1) is 16.6 Å². The zero-order valence-corrected chi connectivity index (χ0v) is 18.7. The van der Waals surface area contributed by atoms with E-state index >= 15 is 0 Å². The summed E-state index contributed by atoms with van der Waals surface area (Å²) < 4.78 is 5.31. The van der Waals surface area contributed by atoms with E-state index in [1.165, 1.54) is 11.8 Å². The Hall–Kier alpha value is -3.07. The van der Waals surface area contributed by atoms with E-state index in [1.54, 1.807) is 23.3 Å². The Labute approximate surface area is 185 Å². The molecule has 2 heterocycles. The molecule has 1 atom stereocenters. The molecule has 1 aromatic carbocycles. The average molecular weight is 439 g/mol. The van der Waals surface area contributed by atoms with Crippen molar-refractivity contribution in [2.45, 2.75) is 49.6 Å². The quantitative estimate of drug-likeness (QED) is 0.431. The molecule has 31 heavy (non-hydrogen) atoms. The van der Waals surface area contributed by atoms with Gasteiger partial charge in [0.25, 0.3) is 5.56 Å². The summed E-state index contributed by atoms with van der Waals surface area (Å²) in [6.07, 6.45) is 4.05. The second kappa shape index (κ2) is 8.58. The van der Waals surface area contributed by atoms with Crippen molar-refractivity contribution in [1.29, 1.82) is 0 Å². The van der Waals surface area contributed by atoms with Crippen LogP contribution in [0.3, 0.4) is 0 Å². The van der Waals surface area contributed by atoms with E-state index in [1.807, 2.05) is 47.9 Å². The van der Waals surface area contributed by atoms with Gasteiger partial charge in [-0.15, -0.1) is 16.8 Å². The fraction of sp³-hybridized carbons (Fsp3) is 0.364. The molecule has 1 aliphatic rings. The Morgan fingerprint density at radius 1 is 1.32 bits per heavy atom. The fourth-order valence-electron chi connectivity index (χ4n) is 3.48. The molecule has 1 amide bonds. The topological polar surface area (TPSA) is 86.7 Å². The van der Waals surface area contributed by atoms with Crippen molar-refractivity contribution >= 4 is 23.4 Å². The van der Waals surface area contributed by atoms with Crippen LogP contribution in [0.1, 0.15) is 37.2 Å². The van der Waals surface area contributed by atoms with Crippen LogP contribution in [-0.2, 0) is 18.4 Å². The number of carbonyl (C=O) groups excluding carboxylic acids is 1. The number of hydrogen-bond acceptors (Lipinski definition) is 5. The summed E-state index contributed by atoms with van der Waals surface area (Å²) in [5.74, 6) is 1.16. The van der Waals surface area contributed by atoms with Gasteiger partial charge in [-0.3, -0.25) is 14.3 Å². The number of amides is 1. The molecule has 1 fully saturated rings. The smallest absolute Gasteiger partial charge is 0.295 e. The molecule has 1 saturated carbocycles. The van der Waals surface area contributed by atoms with Crippen molar-refractivity contribution in [1.82, 2.24) is 24.1 Å². The number of allylic oxidation sites excluding steroid dienone is 1. The van der Waals surface area contributed by atoms with E-state index in [4.69, 9.17) is 0 Å². The highest BCUT2D eigenvalue weighted by molar-refractivity contribution is 8.00. The summed E-state index contributed by atoms with van der Waals surface area (Å²) in [6.45, 7) is 8.04. The summed E-state index contributed by atoms with van der Waals surface area (Å²) in [6, 6.07) is 9.35. The number of para-hydroxylation sites is 1. The minimum absolute atomic E-state index is 0.253. The molecular weight excluding hydrogens is 412 g/mol. The van der Waals surface area contributed by atoms with Crippen molar-refractivity contribution < 1.29 is 4.79 Å². The van der Waals surface area contributed by atoms with Gasteiger partial charge in [0.2, 0.25) is 5.91 Å². The van der Waals surface area contributed by atoms with Gasteiger partial charge >= 0.3 is 0 Å². The van der Waals surface area contributed by atoms with Crippen LogP contribution in [0, 0.1) is 6.92 Å². The van der Waals surface area contributed by atoms with Gasteiger partial charge in [-0.25, -0.2) is 4.68 Å². The molecule has 2 aromatic heterocycles. The maximum atomic E-state index is 13.0. The lowest BCUT2D eigenvalue weighted by Gasteiger charge is -2.12. The van der Waals surface area contributed by atoms with E-state index in [0.717, 1.165) is 24.4 Å². The van der Waals surface area contributed by atoms with Gasteiger partial charge in [-0.2, -0.15) is 0 Å². The fourth-order valence-corrected chi connectivity index (χ4v) is 4.35. The molecule has 0 radical (unpaired) electrons. The highest BCUT2D eigenvalue weighted by atomic mass is 32.2. The first-order valence-electron chi connectivity index (χ1n) is 10.3. The molecule has 1 N–H and O–H groups in total. The van der Waals surface area contributed by atoms with E-state index in [9.17, 15) is 9.59 Å². The van der Waals surface area contributed by atoms with Gasteiger partial charge in [0.1, 0.15) is 11.5 Å². The summed E-state index contributed by atoms with van der Waals surface area (Å²) in [5.41, 5.74) is 1.45. The highest BCUT2D eigenvalue weighted by Crippen LogP contribution is 2.40. The van der Waals surface area contributed by atoms with Gasteiger partial charge in [0, 0.05) is 19.5 Å². The van der Waals surface area contributed by atoms with Crippen LogP contribution in [0.2, 0.25) is 0 Å². The predicted octanol–water partition coefficient (Wildman–Crippen LogP) is 3.26. The van der Waals surface area contributed by atoms with Crippen LogP contribution in [0.15, 0.2) is 52.9 Å². The second-order valence-electron chi connectivity index (χ2n) is 7.70. The lowest BCUT2D eigenvalue weighted by atomic mass is 10.3. The molecule has 0 bridgehead atoms. The second-order valence-corrected chi connectivity index (χ2v) is 9.01. The first-order valence-corrected chi connectivity index (χ1v) is 11.2. The standard InChI is InChI=1S/C22H26N6O2S/c1-5-13-27-19(16-11-12-16)24-25-22(27)31-15(3)20(29)23-18-14(2)26(4)28(21(18)30)17-9-7-6-8-10-17/h5-10,15-16H,1,11-13H2,2-4H3,(H,23,29). The first kappa shape index (κ1) is 21.2. The number of aromatic nitrogens is 5. The number of hydrogen-bond donors (Lipinski definition) is 1. The number of thioether (sulfide) groups is 1. The number of rotatable bonds is 8. The Morgan fingerprint density at radius 3 is 2.68 bits per heavy atom. The van der Waals surface area contributed by atoms with Crippen molar-refractivity contribution in [2.75, 3.05) is 5.32 Å². The predicted molar refractivity (Wildman–Crippen MR) is 122 cm³/mol. The summed E-state index contributed by atoms with van der Waals surface area (Å²) >= 11 is 1.34. The maximum absolute atomic E-state index is 13.0. The molecule has 3 aromatic rings. The minimum atomic E-state index is -0.455. The molecule has 162 valence electrons. The molecule has 0 saturated heterocycles. The van der Waals surface area contributed by atoms with Gasteiger partial charge in [-0.1, -0.05) is 36.0 Å². The van der Waals surface area contributed by atoms with Crippen molar-refractivity contribution in [3.05, 3.63) is 64.9 Å². The number of benzene rings is 1. The Balaban J connectivity index is 1.54. The van der Waals surface area contributed by atoms with Gasteiger partial charge in [0.15, 0.2) is 5.16 Å². The van der Waals surface area contributed by atoms with E-state index in [2.05, 4.69) is 22.1 Å². The SMILES string of the molecule is C=CCn1c(SC(C)C(=O)Nc2c(C)n(C)n(-c3ccccc3)c2=O)nnc1C1CC1. The normalized spacial score (nSPS) is 14.4. The van der Waals surface area contributed by atoms with Gasteiger partial charge < -0.3 is 9.88 Å². The first-order chi connectivity index (χ1) is 14.9. The lowest BCUT2D eigenvalue weighted by molar-refractivity contribution is -0.115. The Morgan fingerprint density at radius 2 is 2.03 bits per heavy atom. The van der Waals surface area contributed by atoms with Gasteiger partial charge in [-0.05, 0) is 38.8 Å². The van der Waals surface area contributed by atoms with Crippen molar-refractivity contribution in [3.8, 4) is 5.69 Å². The molecular formula is C22H26N6O2S. The molecule has 8 nitrogen and oxygen atoms in total. The molecule has 4 rings (SSSR count). The third-order valence-electron chi connectivity index (χ3n) is 5.45. The minimum Gasteiger partial charge on any atom is -0.319 e. The van der Waals surface area contributed by atoms with Crippen LogP contribution in [0.25, 0.3) is 5.69 Å². The number of nitrogens with one attached hydrogen (secondary N) is 1. The van der Waals surface area contributed by atoms with Crippen LogP contribution in [-0.4, -0.2) is 35.3 Å². The summed E-state index contributed by atoms with van der Waals surface area (Å²) in [5, 5.41) is 11.7. The maximum Gasteiger partial charge on any atom is 0.295 e. The largest absolute Gasteiger partial charge is 0.319 e. The zero-order chi connectivity index (χ0) is 22.1. The molecule has 1 unspecified atom stereocenters. The van der Waals surface area contributed by atoms with E-state index in [0.29, 0.717) is 23.3 Å².